The first kappa shape index (κ1) is 5.96. The third kappa shape index (κ3) is 1.06. The van der Waals surface area contributed by atoms with Crippen LogP contribution in [0.5, 0.6) is 0 Å². The highest BCUT2D eigenvalue weighted by Crippen LogP contribution is 2.38. The van der Waals surface area contributed by atoms with E-state index >= 15 is 0 Å². The van der Waals surface area contributed by atoms with Crippen molar-refractivity contribution < 1.29 is 0 Å². The number of hydrogen-bond acceptors (Lipinski definition) is 1. The standard InChI is InChI=1S/C8H8BN/c9-7-3-4-10-8(5-7)6-1-2-6/h3-6H,1-2H2. The monoisotopic (exact) mass is 129 g/mol. The van der Waals surface area contributed by atoms with Gasteiger partial charge in [-0.1, -0.05) is 11.5 Å². The van der Waals surface area contributed by atoms with Crippen LogP contribution in [0.25, 0.3) is 0 Å². The first-order valence-electron chi connectivity index (χ1n) is 3.58. The summed E-state index contributed by atoms with van der Waals surface area (Å²) in [5.41, 5.74) is 2.00. The van der Waals surface area contributed by atoms with Crippen LogP contribution in [-0.4, -0.2) is 12.8 Å². The van der Waals surface area contributed by atoms with Gasteiger partial charge in [0, 0.05) is 17.8 Å². The van der Waals surface area contributed by atoms with E-state index < -0.39 is 0 Å². The molecule has 1 nitrogen and oxygen atoms in total. The van der Waals surface area contributed by atoms with Crippen LogP contribution in [0.2, 0.25) is 0 Å². The lowest BCUT2D eigenvalue weighted by molar-refractivity contribution is 1.03. The smallest absolute Gasteiger partial charge is 0.113 e. The van der Waals surface area contributed by atoms with Gasteiger partial charge in [0.2, 0.25) is 0 Å². The molecular weight excluding hydrogens is 121 g/mol. The zero-order valence-electron chi connectivity index (χ0n) is 5.75. The highest BCUT2D eigenvalue weighted by Gasteiger charge is 2.24. The maximum Gasteiger partial charge on any atom is 0.113 e. The highest BCUT2D eigenvalue weighted by atomic mass is 14.7. The molecule has 0 N–H and O–H groups in total. The molecule has 2 heteroatoms. The molecule has 0 atom stereocenters. The molecule has 0 saturated heterocycles. The fourth-order valence-corrected chi connectivity index (χ4v) is 1.07. The number of aromatic nitrogens is 1. The van der Waals surface area contributed by atoms with Gasteiger partial charge in [0.15, 0.2) is 0 Å². The molecule has 0 unspecified atom stereocenters. The predicted octanol–water partition coefficient (Wildman–Crippen LogP) is 0.753. The van der Waals surface area contributed by atoms with Crippen molar-refractivity contribution in [2.24, 2.45) is 0 Å². The second-order valence-corrected chi connectivity index (χ2v) is 2.79. The summed E-state index contributed by atoms with van der Waals surface area (Å²) < 4.78 is 0. The van der Waals surface area contributed by atoms with Crippen LogP contribution in [0.1, 0.15) is 24.5 Å². The van der Waals surface area contributed by atoms with E-state index in [0.29, 0.717) is 5.92 Å². The van der Waals surface area contributed by atoms with Gasteiger partial charge < -0.3 is 0 Å². The van der Waals surface area contributed by atoms with Gasteiger partial charge in [-0.3, -0.25) is 4.98 Å². The van der Waals surface area contributed by atoms with Crippen LogP contribution in [0.4, 0.5) is 0 Å². The van der Waals surface area contributed by atoms with Gasteiger partial charge in [0.1, 0.15) is 7.85 Å². The molecule has 0 aromatic carbocycles. The summed E-state index contributed by atoms with van der Waals surface area (Å²) in [7, 11) is 5.58. The lowest BCUT2D eigenvalue weighted by atomic mass is 9.96. The van der Waals surface area contributed by atoms with Crippen LogP contribution in [0.3, 0.4) is 0 Å². The summed E-state index contributed by atoms with van der Waals surface area (Å²) in [6.07, 6.45) is 4.36. The lowest BCUT2D eigenvalue weighted by Gasteiger charge is -1.96. The minimum absolute atomic E-state index is 0.712. The molecular formula is C8H8BN. The fourth-order valence-electron chi connectivity index (χ4n) is 1.07. The largest absolute Gasteiger partial charge is 0.261 e. The molecule has 1 aliphatic carbocycles. The van der Waals surface area contributed by atoms with Crippen LogP contribution < -0.4 is 5.46 Å². The molecule has 0 spiro atoms. The topological polar surface area (TPSA) is 12.9 Å². The normalized spacial score (nSPS) is 17.2. The minimum atomic E-state index is 0.712. The van der Waals surface area contributed by atoms with Crippen molar-refractivity contribution in [2.75, 3.05) is 0 Å². The van der Waals surface area contributed by atoms with Crippen LogP contribution >= 0.6 is 0 Å². The van der Waals surface area contributed by atoms with Gasteiger partial charge in [0.25, 0.3) is 0 Å². The van der Waals surface area contributed by atoms with E-state index in [0.717, 1.165) is 5.46 Å². The van der Waals surface area contributed by atoms with Crippen molar-refractivity contribution >= 4 is 13.3 Å². The molecule has 48 valence electrons. The minimum Gasteiger partial charge on any atom is -0.261 e. The summed E-state index contributed by atoms with van der Waals surface area (Å²) in [6.45, 7) is 0. The third-order valence-electron chi connectivity index (χ3n) is 1.80. The molecule has 0 aliphatic heterocycles. The molecule has 1 aromatic heterocycles. The number of rotatable bonds is 1. The Labute approximate surface area is 61.9 Å². The van der Waals surface area contributed by atoms with Crippen molar-refractivity contribution in [3.05, 3.63) is 24.0 Å². The van der Waals surface area contributed by atoms with Gasteiger partial charge in [-0.15, -0.1) is 0 Å². The molecule has 1 aromatic rings. The third-order valence-corrected chi connectivity index (χ3v) is 1.80. The Morgan fingerprint density at radius 1 is 1.50 bits per heavy atom. The van der Waals surface area contributed by atoms with Crippen LogP contribution in [-0.2, 0) is 0 Å². The Morgan fingerprint density at radius 2 is 2.30 bits per heavy atom. The average Bonchev–Trinajstić information content (AvgIpc) is 2.68. The Balaban J connectivity index is 2.32. The van der Waals surface area contributed by atoms with E-state index in [1.807, 2.05) is 12.1 Å². The van der Waals surface area contributed by atoms with Crippen molar-refractivity contribution in [3.8, 4) is 0 Å². The first-order chi connectivity index (χ1) is 4.86. The van der Waals surface area contributed by atoms with E-state index in [4.69, 9.17) is 7.85 Å². The second-order valence-electron chi connectivity index (χ2n) is 2.79. The van der Waals surface area contributed by atoms with Crippen molar-refractivity contribution in [2.45, 2.75) is 18.8 Å². The van der Waals surface area contributed by atoms with Gasteiger partial charge >= 0.3 is 0 Å². The maximum atomic E-state index is 5.58. The summed E-state index contributed by atoms with van der Waals surface area (Å²) in [5, 5.41) is 0. The van der Waals surface area contributed by atoms with E-state index in [1.54, 1.807) is 6.20 Å². The van der Waals surface area contributed by atoms with Crippen molar-refractivity contribution in [1.82, 2.24) is 4.98 Å². The van der Waals surface area contributed by atoms with E-state index in [9.17, 15) is 0 Å². The molecule has 2 rings (SSSR count). The van der Waals surface area contributed by atoms with Crippen molar-refractivity contribution in [1.29, 1.82) is 0 Å². The SMILES string of the molecule is [B]c1ccnc(C2CC2)c1. The zero-order chi connectivity index (χ0) is 6.97. The van der Waals surface area contributed by atoms with Gasteiger partial charge in [-0.2, -0.15) is 0 Å². The molecule has 1 heterocycles. The maximum absolute atomic E-state index is 5.58. The predicted molar refractivity (Wildman–Crippen MR) is 41.6 cm³/mol. The van der Waals surface area contributed by atoms with E-state index in [2.05, 4.69) is 4.98 Å². The number of hydrogen-bond donors (Lipinski definition) is 0. The zero-order valence-corrected chi connectivity index (χ0v) is 5.75. The van der Waals surface area contributed by atoms with Crippen molar-refractivity contribution in [3.63, 3.8) is 0 Å². The molecule has 10 heavy (non-hydrogen) atoms. The molecule has 1 fully saturated rings. The summed E-state index contributed by atoms with van der Waals surface area (Å²) in [5.74, 6) is 0.712. The number of pyridine rings is 1. The summed E-state index contributed by atoms with van der Waals surface area (Å²) in [4.78, 5) is 4.22. The van der Waals surface area contributed by atoms with Crippen LogP contribution in [0, 0.1) is 0 Å². The van der Waals surface area contributed by atoms with Gasteiger partial charge in [0.05, 0.1) is 0 Å². The molecule has 1 aliphatic rings. The Bertz CT molecular complexity index is 243. The number of nitrogens with zero attached hydrogens (tertiary/aromatic N) is 1. The Hall–Kier alpha value is -0.785. The van der Waals surface area contributed by atoms with Crippen LogP contribution in [0.15, 0.2) is 18.3 Å². The second kappa shape index (κ2) is 2.12. The molecule has 0 amide bonds. The molecule has 2 radical (unpaired) electrons. The fraction of sp³-hybridized carbons (Fsp3) is 0.375. The first-order valence-corrected chi connectivity index (χ1v) is 3.58. The van der Waals surface area contributed by atoms with E-state index in [1.165, 1.54) is 18.5 Å². The quantitative estimate of drug-likeness (QED) is 0.510. The molecule has 0 bridgehead atoms. The Kier molecular flexibility index (Phi) is 1.26. The summed E-state index contributed by atoms with van der Waals surface area (Å²) in [6, 6.07) is 3.80. The van der Waals surface area contributed by atoms with Gasteiger partial charge in [-0.05, 0) is 18.9 Å². The highest BCUT2D eigenvalue weighted by molar-refractivity contribution is 6.32. The van der Waals surface area contributed by atoms with Gasteiger partial charge in [-0.25, -0.2) is 0 Å². The van der Waals surface area contributed by atoms with E-state index in [-0.39, 0.29) is 0 Å². The average molecular weight is 129 g/mol. The lowest BCUT2D eigenvalue weighted by Crippen LogP contribution is -2.03. The summed E-state index contributed by atoms with van der Waals surface area (Å²) >= 11 is 0. The Morgan fingerprint density at radius 3 is 2.90 bits per heavy atom. The molecule has 1 saturated carbocycles.